The molecule has 1 saturated heterocycles. The van der Waals surface area contributed by atoms with Crippen LogP contribution >= 0.6 is 0 Å². The summed E-state index contributed by atoms with van der Waals surface area (Å²) in [6.07, 6.45) is 6.85. The highest BCUT2D eigenvalue weighted by atomic mass is 19.1. The van der Waals surface area contributed by atoms with Gasteiger partial charge < -0.3 is 25.3 Å². The molecule has 2 aliphatic rings. The number of anilines is 3. The Kier molecular flexibility index (Phi) is 7.22. The van der Waals surface area contributed by atoms with Gasteiger partial charge in [-0.15, -0.1) is 0 Å². The average Bonchev–Trinajstić information content (AvgIpc) is 3.50. The summed E-state index contributed by atoms with van der Waals surface area (Å²) in [6.45, 7) is 3.62. The average molecular weight is 499 g/mol. The van der Waals surface area contributed by atoms with Crippen LogP contribution in [-0.2, 0) is 4.74 Å². The highest BCUT2D eigenvalue weighted by Gasteiger charge is 2.32. The molecule has 3 N–H and O–H groups in total. The van der Waals surface area contributed by atoms with Crippen molar-refractivity contribution in [2.45, 2.75) is 50.4 Å². The second-order valence-electron chi connectivity index (χ2n) is 9.65. The van der Waals surface area contributed by atoms with Crippen LogP contribution in [0.25, 0.3) is 5.65 Å². The number of halogens is 1. The number of fused-ring (bicyclic) bond motifs is 1. The maximum absolute atomic E-state index is 13.3. The number of nitrogens with one attached hydrogen (secondary N) is 3. The van der Waals surface area contributed by atoms with E-state index in [0.29, 0.717) is 36.3 Å². The summed E-state index contributed by atoms with van der Waals surface area (Å²) in [6, 6.07) is 5.83. The molecule has 2 fully saturated rings. The summed E-state index contributed by atoms with van der Waals surface area (Å²) in [7, 11) is 3.58. The van der Waals surface area contributed by atoms with Crippen LogP contribution < -0.4 is 21.5 Å². The molecule has 1 aliphatic carbocycles. The molecule has 2 unspecified atom stereocenters. The van der Waals surface area contributed by atoms with Crippen molar-refractivity contribution < 1.29 is 9.13 Å². The maximum Gasteiger partial charge on any atom is 0.274 e. The van der Waals surface area contributed by atoms with E-state index in [1.54, 1.807) is 22.3 Å². The Hall–Kier alpha value is -3.02. The summed E-state index contributed by atoms with van der Waals surface area (Å²) < 4.78 is 21.8. The van der Waals surface area contributed by atoms with Crippen LogP contribution in [0.5, 0.6) is 0 Å². The second kappa shape index (κ2) is 10.5. The third-order valence-corrected chi connectivity index (χ3v) is 7.48. The van der Waals surface area contributed by atoms with E-state index in [9.17, 15) is 9.18 Å². The molecule has 1 saturated carbocycles. The first-order chi connectivity index (χ1) is 17.5. The number of methoxy groups -OCH3 is 1. The van der Waals surface area contributed by atoms with Crippen molar-refractivity contribution >= 4 is 23.0 Å². The normalized spacial score (nSPS) is 23.1. The number of pyridine rings is 1. The van der Waals surface area contributed by atoms with Gasteiger partial charge in [-0.2, -0.15) is 9.61 Å². The van der Waals surface area contributed by atoms with Gasteiger partial charge >= 0.3 is 0 Å². The maximum atomic E-state index is 13.3. The summed E-state index contributed by atoms with van der Waals surface area (Å²) >= 11 is 0. The van der Waals surface area contributed by atoms with E-state index >= 15 is 0 Å². The van der Waals surface area contributed by atoms with Crippen molar-refractivity contribution in [2.24, 2.45) is 0 Å². The second-order valence-corrected chi connectivity index (χ2v) is 9.65. The number of hydrogen-bond donors (Lipinski definition) is 3. The van der Waals surface area contributed by atoms with Crippen LogP contribution in [0.3, 0.4) is 0 Å². The molecule has 1 aliphatic heterocycles. The Morgan fingerprint density at radius 1 is 1.31 bits per heavy atom. The van der Waals surface area contributed by atoms with Gasteiger partial charge in [-0.1, -0.05) is 0 Å². The van der Waals surface area contributed by atoms with Gasteiger partial charge in [-0.25, -0.2) is 9.37 Å². The largest absolute Gasteiger partial charge is 0.380 e. The lowest BCUT2D eigenvalue weighted by Gasteiger charge is -2.37. The molecule has 10 nitrogen and oxygen atoms in total. The smallest absolute Gasteiger partial charge is 0.274 e. The third-order valence-electron chi connectivity index (χ3n) is 7.48. The summed E-state index contributed by atoms with van der Waals surface area (Å²) in [5.74, 6) is 1.31. The van der Waals surface area contributed by atoms with E-state index in [2.05, 4.69) is 32.9 Å². The number of likely N-dealkylation sites (tertiary alicyclic amines) is 1. The van der Waals surface area contributed by atoms with E-state index in [-0.39, 0.29) is 30.4 Å². The molecule has 0 bridgehead atoms. The van der Waals surface area contributed by atoms with Gasteiger partial charge in [-0.05, 0) is 38.3 Å². The number of nitrogens with zero attached hydrogens (tertiary/aromatic N) is 5. The van der Waals surface area contributed by atoms with E-state index < -0.39 is 0 Å². The Morgan fingerprint density at radius 2 is 2.17 bits per heavy atom. The number of ether oxygens (including phenoxy) is 1. The summed E-state index contributed by atoms with van der Waals surface area (Å²) in [5.41, 5.74) is 2.02. The van der Waals surface area contributed by atoms with Crippen molar-refractivity contribution in [3.8, 4) is 0 Å². The zero-order valence-electron chi connectivity index (χ0n) is 21.1. The molecular formula is C25H35FN8O2. The van der Waals surface area contributed by atoms with Gasteiger partial charge in [0.25, 0.3) is 5.56 Å². The molecule has 3 aromatic heterocycles. The van der Waals surface area contributed by atoms with Gasteiger partial charge in [0.2, 0.25) is 0 Å². The molecule has 4 atom stereocenters. The van der Waals surface area contributed by atoms with Crippen LogP contribution in [0.15, 0.2) is 35.4 Å². The predicted molar refractivity (Wildman–Crippen MR) is 138 cm³/mol. The highest BCUT2D eigenvalue weighted by molar-refractivity contribution is 5.65. The first-order valence-corrected chi connectivity index (χ1v) is 12.6. The lowest BCUT2D eigenvalue weighted by Crippen LogP contribution is -2.49. The predicted octanol–water partition coefficient (Wildman–Crippen LogP) is 2.72. The number of hydrogen-bond acceptors (Lipinski definition) is 8. The third kappa shape index (κ3) is 4.70. The van der Waals surface area contributed by atoms with Crippen LogP contribution in [0, 0.1) is 0 Å². The Balaban J connectivity index is 1.41. The molecular weight excluding hydrogens is 463 g/mol. The van der Waals surface area contributed by atoms with Gasteiger partial charge in [0.05, 0.1) is 18.3 Å². The lowest BCUT2D eigenvalue weighted by molar-refractivity contribution is 0.00295. The van der Waals surface area contributed by atoms with Crippen LogP contribution in [-0.4, -0.2) is 76.7 Å². The molecule has 194 valence electrons. The van der Waals surface area contributed by atoms with Gasteiger partial charge in [0.15, 0.2) is 5.65 Å². The Morgan fingerprint density at radius 3 is 2.89 bits per heavy atom. The van der Waals surface area contributed by atoms with Crippen molar-refractivity contribution in [1.29, 1.82) is 0 Å². The molecule has 11 heteroatoms. The Labute approximate surface area is 209 Å². The summed E-state index contributed by atoms with van der Waals surface area (Å²) in [5, 5.41) is 14.6. The van der Waals surface area contributed by atoms with Crippen molar-refractivity contribution in [1.82, 2.24) is 29.4 Å². The van der Waals surface area contributed by atoms with Gasteiger partial charge in [0, 0.05) is 63.7 Å². The van der Waals surface area contributed by atoms with Crippen LogP contribution in [0.2, 0.25) is 0 Å². The zero-order chi connectivity index (χ0) is 25.2. The fourth-order valence-corrected chi connectivity index (χ4v) is 5.27. The fraction of sp³-hybridized carbons (Fsp3) is 0.560. The first-order valence-electron chi connectivity index (χ1n) is 12.6. The fourth-order valence-electron chi connectivity index (χ4n) is 5.27. The van der Waals surface area contributed by atoms with E-state index in [0.717, 1.165) is 37.2 Å². The Bertz CT molecular complexity index is 1260. The molecule has 0 spiro atoms. The minimum Gasteiger partial charge on any atom is -0.380 e. The topological polar surface area (TPSA) is 101 Å². The van der Waals surface area contributed by atoms with Gasteiger partial charge in [0.1, 0.15) is 24.0 Å². The van der Waals surface area contributed by atoms with Crippen molar-refractivity contribution in [3.63, 3.8) is 0 Å². The molecule has 5 rings (SSSR count). The molecule has 0 radical (unpaired) electrons. The standard InChI is InChI=1S/C25H35FN8O2/c1-16(29-19-6-7-21(19)36-3)18-14-28-34-23(27-2)13-22(31-24(18)34)30-20-5-4-10-33(25(20)35)17-8-11-32(15-17)12-9-26/h4-5,10,13-14,16-17,19,21,27,29H,6-9,11-12,15H2,1-3H3,(H,30,31)/t16?,17-,19?,21-/m1/s1. The molecule has 0 aromatic carbocycles. The van der Waals surface area contributed by atoms with Gasteiger partial charge in [-0.3, -0.25) is 9.69 Å². The molecule has 36 heavy (non-hydrogen) atoms. The van der Waals surface area contributed by atoms with Crippen molar-refractivity contribution in [2.75, 3.05) is 51.1 Å². The van der Waals surface area contributed by atoms with Crippen LogP contribution in [0.4, 0.5) is 21.7 Å². The minimum atomic E-state index is -0.372. The first kappa shape index (κ1) is 24.7. The lowest BCUT2D eigenvalue weighted by atomic mass is 9.88. The minimum absolute atomic E-state index is 0.0292. The van der Waals surface area contributed by atoms with E-state index in [4.69, 9.17) is 9.72 Å². The number of aromatic nitrogens is 4. The number of rotatable bonds is 10. The van der Waals surface area contributed by atoms with E-state index in [1.165, 1.54) is 0 Å². The summed E-state index contributed by atoms with van der Waals surface area (Å²) in [4.78, 5) is 20.2. The highest BCUT2D eigenvalue weighted by Crippen LogP contribution is 2.29. The molecule has 3 aromatic rings. The monoisotopic (exact) mass is 498 g/mol. The molecule has 4 heterocycles. The van der Waals surface area contributed by atoms with Crippen molar-refractivity contribution in [3.05, 3.63) is 46.5 Å². The number of alkyl halides is 1. The SMILES string of the molecule is CNc1cc(Nc2cccn([C@@H]3CCN(CCF)C3)c2=O)nc2c(C(C)NC3CC[C@H]3OC)cnn12. The van der Waals surface area contributed by atoms with E-state index in [1.807, 2.05) is 31.6 Å². The molecule has 0 amide bonds. The quantitative estimate of drug-likeness (QED) is 0.392. The van der Waals surface area contributed by atoms with Crippen LogP contribution in [0.1, 0.15) is 43.8 Å². The zero-order valence-corrected chi connectivity index (χ0v) is 21.1.